The van der Waals surface area contributed by atoms with E-state index in [1.807, 2.05) is 36.9 Å². The lowest BCUT2D eigenvalue weighted by Gasteiger charge is -2.21. The molecule has 1 aromatic rings. The molecule has 0 radical (unpaired) electrons. The van der Waals surface area contributed by atoms with E-state index in [2.05, 4.69) is 0 Å². The molecule has 0 heterocycles. The van der Waals surface area contributed by atoms with Gasteiger partial charge in [0.15, 0.2) is 6.61 Å². The van der Waals surface area contributed by atoms with Crippen molar-refractivity contribution in [3.63, 3.8) is 0 Å². The van der Waals surface area contributed by atoms with Crippen molar-refractivity contribution in [1.82, 2.24) is 4.90 Å². The van der Waals surface area contributed by atoms with Crippen LogP contribution >= 0.6 is 0 Å². The van der Waals surface area contributed by atoms with Crippen LogP contribution in [0.15, 0.2) is 24.3 Å². The number of ether oxygens (including phenoxy) is 1. The fourth-order valence-corrected chi connectivity index (χ4v) is 2.35. The van der Waals surface area contributed by atoms with Crippen LogP contribution in [0, 0.1) is 0 Å². The largest absolute Gasteiger partial charge is 0.483 e. The molecule has 1 aliphatic carbocycles. The van der Waals surface area contributed by atoms with Gasteiger partial charge in [0.1, 0.15) is 5.75 Å². The number of nitrogens with zero attached hydrogens (tertiary/aromatic N) is 1. The van der Waals surface area contributed by atoms with E-state index in [4.69, 9.17) is 4.74 Å². The van der Waals surface area contributed by atoms with E-state index in [9.17, 15) is 9.90 Å². The fraction of sp³-hybridized carbons (Fsp3) is 0.562. The Morgan fingerprint density at radius 1 is 1.40 bits per heavy atom. The molecule has 0 spiro atoms. The van der Waals surface area contributed by atoms with Gasteiger partial charge in [0, 0.05) is 18.2 Å². The standard InChI is InChI=1S/C16H23NO3/c1-3-14(18)13-7-5-6-8-15(13)20-11-16(19)17(4-2)12-9-10-12/h5-8,12,14,18H,3-4,9-11H2,1-2H3/t14-/m0/s1. The van der Waals surface area contributed by atoms with Gasteiger partial charge < -0.3 is 14.7 Å². The number of rotatable bonds is 7. The summed E-state index contributed by atoms with van der Waals surface area (Å²) in [5.74, 6) is 0.623. The number of amides is 1. The van der Waals surface area contributed by atoms with Crippen molar-refractivity contribution >= 4 is 5.91 Å². The summed E-state index contributed by atoms with van der Waals surface area (Å²) < 4.78 is 5.63. The van der Waals surface area contributed by atoms with Crippen molar-refractivity contribution in [2.24, 2.45) is 0 Å². The molecule has 110 valence electrons. The van der Waals surface area contributed by atoms with Gasteiger partial charge in [0.2, 0.25) is 0 Å². The van der Waals surface area contributed by atoms with Crippen LogP contribution in [0.1, 0.15) is 44.8 Å². The second-order valence-electron chi connectivity index (χ2n) is 5.16. The number of hydrogen-bond donors (Lipinski definition) is 1. The molecular formula is C16H23NO3. The van der Waals surface area contributed by atoms with Crippen LogP contribution in [0.2, 0.25) is 0 Å². The maximum absolute atomic E-state index is 12.1. The van der Waals surface area contributed by atoms with Crippen molar-refractivity contribution in [3.05, 3.63) is 29.8 Å². The van der Waals surface area contributed by atoms with Crippen molar-refractivity contribution in [2.45, 2.75) is 45.3 Å². The Bertz CT molecular complexity index is 457. The van der Waals surface area contributed by atoms with Gasteiger partial charge in [-0.25, -0.2) is 0 Å². The Morgan fingerprint density at radius 3 is 2.70 bits per heavy atom. The predicted molar refractivity (Wildman–Crippen MR) is 77.6 cm³/mol. The van der Waals surface area contributed by atoms with E-state index in [0.29, 0.717) is 18.2 Å². The van der Waals surface area contributed by atoms with Gasteiger partial charge in [-0.3, -0.25) is 4.79 Å². The van der Waals surface area contributed by atoms with Crippen LogP contribution in [-0.4, -0.2) is 35.1 Å². The predicted octanol–water partition coefficient (Wildman–Crippen LogP) is 2.52. The van der Waals surface area contributed by atoms with Gasteiger partial charge in [-0.15, -0.1) is 0 Å². The molecule has 1 aromatic carbocycles. The lowest BCUT2D eigenvalue weighted by molar-refractivity contribution is -0.133. The number of aliphatic hydroxyl groups is 1. The highest BCUT2D eigenvalue weighted by Gasteiger charge is 2.31. The molecule has 0 saturated heterocycles. The molecule has 1 fully saturated rings. The maximum Gasteiger partial charge on any atom is 0.260 e. The molecule has 0 aromatic heterocycles. The van der Waals surface area contributed by atoms with E-state index in [1.165, 1.54) is 0 Å². The first kappa shape index (κ1) is 14.9. The summed E-state index contributed by atoms with van der Waals surface area (Å²) in [5, 5.41) is 9.95. The van der Waals surface area contributed by atoms with Crippen molar-refractivity contribution in [1.29, 1.82) is 0 Å². The zero-order chi connectivity index (χ0) is 14.5. The van der Waals surface area contributed by atoms with Crippen LogP contribution in [0.3, 0.4) is 0 Å². The van der Waals surface area contributed by atoms with Crippen molar-refractivity contribution in [3.8, 4) is 5.75 Å². The number of carbonyl (C=O) groups excluding carboxylic acids is 1. The minimum absolute atomic E-state index is 0.0239. The van der Waals surface area contributed by atoms with Gasteiger partial charge in [-0.2, -0.15) is 0 Å². The molecule has 2 rings (SSSR count). The van der Waals surface area contributed by atoms with Crippen molar-refractivity contribution in [2.75, 3.05) is 13.2 Å². The summed E-state index contributed by atoms with van der Waals surface area (Å²) in [5.41, 5.74) is 0.747. The average molecular weight is 277 g/mol. The third kappa shape index (κ3) is 3.51. The second kappa shape index (κ2) is 6.75. The molecule has 0 aliphatic heterocycles. The van der Waals surface area contributed by atoms with E-state index in [1.54, 1.807) is 6.07 Å². The number of hydrogen-bond acceptors (Lipinski definition) is 3. The third-order valence-electron chi connectivity index (χ3n) is 3.66. The Morgan fingerprint density at radius 2 is 2.10 bits per heavy atom. The van der Waals surface area contributed by atoms with E-state index in [0.717, 1.165) is 24.9 Å². The summed E-state index contributed by atoms with van der Waals surface area (Å²) >= 11 is 0. The van der Waals surface area contributed by atoms with Crippen molar-refractivity contribution < 1.29 is 14.6 Å². The number of carbonyl (C=O) groups is 1. The first-order valence-corrected chi connectivity index (χ1v) is 7.36. The van der Waals surface area contributed by atoms with Crippen LogP contribution in [0.4, 0.5) is 0 Å². The first-order valence-electron chi connectivity index (χ1n) is 7.36. The van der Waals surface area contributed by atoms with E-state index in [-0.39, 0.29) is 12.5 Å². The number of likely N-dealkylation sites (N-methyl/N-ethyl adjacent to an activating group) is 1. The zero-order valence-electron chi connectivity index (χ0n) is 12.2. The smallest absolute Gasteiger partial charge is 0.260 e. The summed E-state index contributed by atoms with van der Waals surface area (Å²) in [7, 11) is 0. The summed E-state index contributed by atoms with van der Waals surface area (Å²) in [6.45, 7) is 4.67. The molecule has 1 aliphatic rings. The monoisotopic (exact) mass is 277 g/mol. The van der Waals surface area contributed by atoms with Gasteiger partial charge in [-0.1, -0.05) is 25.1 Å². The van der Waals surface area contributed by atoms with Gasteiger partial charge in [0.05, 0.1) is 6.10 Å². The maximum atomic E-state index is 12.1. The molecule has 1 amide bonds. The van der Waals surface area contributed by atoms with Gasteiger partial charge in [-0.05, 0) is 32.3 Å². The lowest BCUT2D eigenvalue weighted by atomic mass is 10.1. The molecule has 20 heavy (non-hydrogen) atoms. The number of para-hydroxylation sites is 1. The number of benzene rings is 1. The van der Waals surface area contributed by atoms with E-state index >= 15 is 0 Å². The fourth-order valence-electron chi connectivity index (χ4n) is 2.35. The quantitative estimate of drug-likeness (QED) is 0.833. The highest BCUT2D eigenvalue weighted by molar-refractivity contribution is 5.78. The topological polar surface area (TPSA) is 49.8 Å². The Hall–Kier alpha value is -1.55. The normalized spacial score (nSPS) is 15.8. The first-order chi connectivity index (χ1) is 9.67. The van der Waals surface area contributed by atoms with Crippen LogP contribution in [0.5, 0.6) is 5.75 Å². The minimum Gasteiger partial charge on any atom is -0.483 e. The third-order valence-corrected chi connectivity index (χ3v) is 3.66. The highest BCUT2D eigenvalue weighted by atomic mass is 16.5. The van der Waals surface area contributed by atoms with Crippen LogP contribution < -0.4 is 4.74 Å². The van der Waals surface area contributed by atoms with Crippen LogP contribution in [-0.2, 0) is 4.79 Å². The molecule has 1 N–H and O–H groups in total. The Balaban J connectivity index is 1.98. The molecule has 4 nitrogen and oxygen atoms in total. The molecule has 0 unspecified atom stereocenters. The molecule has 1 saturated carbocycles. The molecule has 4 heteroatoms. The molecule has 0 bridgehead atoms. The van der Waals surface area contributed by atoms with Gasteiger partial charge in [0.25, 0.3) is 5.91 Å². The van der Waals surface area contributed by atoms with E-state index < -0.39 is 6.10 Å². The molecular weight excluding hydrogens is 254 g/mol. The highest BCUT2D eigenvalue weighted by Crippen LogP contribution is 2.28. The average Bonchev–Trinajstić information content (AvgIpc) is 3.30. The summed E-state index contributed by atoms with van der Waals surface area (Å²) in [6.07, 6.45) is 2.28. The summed E-state index contributed by atoms with van der Waals surface area (Å²) in [6, 6.07) is 7.77. The Labute approximate surface area is 120 Å². The van der Waals surface area contributed by atoms with Crippen LogP contribution in [0.25, 0.3) is 0 Å². The second-order valence-corrected chi connectivity index (χ2v) is 5.16. The molecule has 1 atom stereocenters. The number of aliphatic hydroxyl groups excluding tert-OH is 1. The lowest BCUT2D eigenvalue weighted by Crippen LogP contribution is -2.36. The van der Waals surface area contributed by atoms with Gasteiger partial charge >= 0.3 is 0 Å². The minimum atomic E-state index is -0.549. The SMILES string of the molecule is CC[C@H](O)c1ccccc1OCC(=O)N(CC)C1CC1. The zero-order valence-corrected chi connectivity index (χ0v) is 12.2. The summed E-state index contributed by atoms with van der Waals surface area (Å²) in [4.78, 5) is 14.0. The Kier molecular flexibility index (Phi) is 5.01.